The molecule has 0 atom stereocenters. The van der Waals surface area contributed by atoms with Gasteiger partial charge >= 0.3 is 0 Å². The first-order valence-corrected chi connectivity index (χ1v) is 5.04. The Morgan fingerprint density at radius 1 is 1.38 bits per heavy atom. The summed E-state index contributed by atoms with van der Waals surface area (Å²) in [4.78, 5) is 5.52. The summed E-state index contributed by atoms with van der Waals surface area (Å²) in [5.74, 6) is 1.54. The Bertz CT molecular complexity index is 181. The zero-order valence-electron chi connectivity index (χ0n) is 8.79. The molecule has 1 aliphatic rings. The van der Waals surface area contributed by atoms with Crippen LogP contribution in [0.5, 0.6) is 0 Å². The first-order valence-electron chi connectivity index (χ1n) is 5.04. The van der Waals surface area contributed by atoms with E-state index >= 15 is 0 Å². The van der Waals surface area contributed by atoms with Gasteiger partial charge in [0, 0.05) is 26.2 Å². The molecule has 1 fully saturated rings. The average Bonchev–Trinajstić information content (AvgIpc) is 2.17. The molecule has 0 unspecified atom stereocenters. The van der Waals surface area contributed by atoms with Gasteiger partial charge in [0.15, 0.2) is 0 Å². The van der Waals surface area contributed by atoms with Gasteiger partial charge in [-0.1, -0.05) is 13.8 Å². The Balaban J connectivity index is 2.39. The number of aliphatic imine (C=N–C) groups is 1. The molecule has 0 radical (unpaired) electrons. The number of nitrogens with zero attached hydrogens (tertiary/aromatic N) is 2. The van der Waals surface area contributed by atoms with E-state index in [-0.39, 0.29) is 6.02 Å². The molecule has 1 heterocycles. The lowest BCUT2D eigenvalue weighted by molar-refractivity contribution is -0.236. The lowest BCUT2D eigenvalue weighted by Crippen LogP contribution is -2.45. The second kappa shape index (κ2) is 4.49. The van der Waals surface area contributed by atoms with Gasteiger partial charge in [-0.25, -0.2) is 0 Å². The fraction of sp³-hybridized carbons (Fsp3) is 0.900. The van der Waals surface area contributed by atoms with Crippen LogP contribution in [0.2, 0.25) is 0 Å². The van der Waals surface area contributed by atoms with Crippen LogP contribution in [-0.2, 0) is 0 Å². The average molecular weight is 183 g/mol. The van der Waals surface area contributed by atoms with Crippen LogP contribution in [0.3, 0.4) is 0 Å². The summed E-state index contributed by atoms with van der Waals surface area (Å²) in [7, 11) is 1.57. The molecule has 0 aromatic heterocycles. The molecular formula is C10H19N2O-. The highest BCUT2D eigenvalue weighted by Gasteiger charge is 2.20. The molecule has 0 aromatic rings. The minimum Gasteiger partial charge on any atom is -0.846 e. The summed E-state index contributed by atoms with van der Waals surface area (Å²) in [6.45, 7) is 6.29. The van der Waals surface area contributed by atoms with Crippen molar-refractivity contribution >= 4 is 6.02 Å². The van der Waals surface area contributed by atoms with Gasteiger partial charge in [0.2, 0.25) is 0 Å². The highest BCUT2D eigenvalue weighted by molar-refractivity contribution is 5.68. The molecular weight excluding hydrogens is 164 g/mol. The van der Waals surface area contributed by atoms with Crippen LogP contribution in [0.15, 0.2) is 4.99 Å². The summed E-state index contributed by atoms with van der Waals surface area (Å²) in [6.07, 6.45) is 2.28. The number of amidine groups is 1. The first kappa shape index (κ1) is 10.4. The maximum atomic E-state index is 11.2. The standard InChI is InChI=1S/C10H20N2O/c1-8(2)9-4-6-12(7-5-9)10(13)11-3/h8-9H,4-7H2,1-3H3,(H,11,13)/p-1. The van der Waals surface area contributed by atoms with Gasteiger partial charge in [-0.3, -0.25) is 4.99 Å². The Morgan fingerprint density at radius 2 is 1.92 bits per heavy atom. The molecule has 3 heteroatoms. The smallest absolute Gasteiger partial charge is 0.0495 e. The van der Waals surface area contributed by atoms with Gasteiger partial charge in [-0.15, -0.1) is 0 Å². The molecule has 76 valence electrons. The Morgan fingerprint density at radius 3 is 2.31 bits per heavy atom. The number of hydrogen-bond acceptors (Lipinski definition) is 2. The molecule has 0 saturated carbocycles. The second-order valence-electron chi connectivity index (χ2n) is 4.07. The van der Waals surface area contributed by atoms with Crippen LogP contribution >= 0.6 is 0 Å². The zero-order valence-corrected chi connectivity index (χ0v) is 8.79. The van der Waals surface area contributed by atoms with Crippen molar-refractivity contribution < 1.29 is 5.11 Å². The molecule has 3 nitrogen and oxygen atoms in total. The zero-order chi connectivity index (χ0) is 9.84. The second-order valence-corrected chi connectivity index (χ2v) is 4.07. The molecule has 0 bridgehead atoms. The SMILES string of the molecule is CN=C([O-])N1CCC(C(C)C)CC1. The molecule has 0 amide bonds. The number of hydrogen-bond donors (Lipinski definition) is 0. The first-order chi connectivity index (χ1) is 6.15. The van der Waals surface area contributed by atoms with E-state index in [2.05, 4.69) is 18.8 Å². The highest BCUT2D eigenvalue weighted by atomic mass is 16.3. The van der Waals surface area contributed by atoms with Crippen LogP contribution in [0.25, 0.3) is 0 Å². The molecule has 0 aromatic carbocycles. The summed E-state index contributed by atoms with van der Waals surface area (Å²) in [5.41, 5.74) is 0. The van der Waals surface area contributed by atoms with Crippen molar-refractivity contribution in [2.45, 2.75) is 26.7 Å². The van der Waals surface area contributed by atoms with Gasteiger partial charge in [0.05, 0.1) is 0 Å². The third kappa shape index (κ3) is 2.61. The van der Waals surface area contributed by atoms with Crippen LogP contribution in [0.1, 0.15) is 26.7 Å². The van der Waals surface area contributed by atoms with Crippen molar-refractivity contribution in [3.63, 3.8) is 0 Å². The number of likely N-dealkylation sites (tertiary alicyclic amines) is 1. The quantitative estimate of drug-likeness (QED) is 0.443. The van der Waals surface area contributed by atoms with Gasteiger partial charge in [0.25, 0.3) is 0 Å². The maximum absolute atomic E-state index is 11.2. The summed E-state index contributed by atoms with van der Waals surface area (Å²) in [5, 5.41) is 11.2. The lowest BCUT2D eigenvalue weighted by atomic mass is 9.87. The minimum atomic E-state index is -0.0535. The normalized spacial score (nSPS) is 21.2. The monoisotopic (exact) mass is 183 g/mol. The van der Waals surface area contributed by atoms with E-state index in [1.54, 1.807) is 7.05 Å². The van der Waals surface area contributed by atoms with E-state index in [9.17, 15) is 5.11 Å². The van der Waals surface area contributed by atoms with Crippen molar-refractivity contribution in [1.29, 1.82) is 0 Å². The van der Waals surface area contributed by atoms with E-state index in [0.29, 0.717) is 0 Å². The largest absolute Gasteiger partial charge is 0.846 e. The van der Waals surface area contributed by atoms with Crippen molar-refractivity contribution in [2.75, 3.05) is 20.1 Å². The van der Waals surface area contributed by atoms with Crippen LogP contribution in [0, 0.1) is 11.8 Å². The van der Waals surface area contributed by atoms with E-state index < -0.39 is 0 Å². The Hall–Kier alpha value is -0.730. The molecule has 0 aliphatic carbocycles. The maximum Gasteiger partial charge on any atom is 0.0495 e. The van der Waals surface area contributed by atoms with E-state index in [1.807, 2.05) is 4.90 Å². The van der Waals surface area contributed by atoms with E-state index in [0.717, 1.165) is 37.8 Å². The van der Waals surface area contributed by atoms with Crippen molar-refractivity contribution in [2.24, 2.45) is 16.8 Å². The molecule has 0 N–H and O–H groups in total. The molecule has 0 spiro atoms. The van der Waals surface area contributed by atoms with Crippen molar-refractivity contribution in [3.8, 4) is 0 Å². The van der Waals surface area contributed by atoms with Crippen molar-refractivity contribution in [1.82, 2.24) is 4.90 Å². The van der Waals surface area contributed by atoms with Crippen molar-refractivity contribution in [3.05, 3.63) is 0 Å². The number of piperidine rings is 1. The van der Waals surface area contributed by atoms with Gasteiger partial charge in [-0.05, 0) is 24.7 Å². The predicted octanol–water partition coefficient (Wildman–Crippen LogP) is 0.700. The van der Waals surface area contributed by atoms with Crippen LogP contribution in [0.4, 0.5) is 0 Å². The van der Waals surface area contributed by atoms with Gasteiger partial charge in [0.1, 0.15) is 0 Å². The fourth-order valence-electron chi connectivity index (χ4n) is 1.90. The topological polar surface area (TPSA) is 38.7 Å². The van der Waals surface area contributed by atoms with Gasteiger partial charge in [-0.2, -0.15) is 0 Å². The lowest BCUT2D eigenvalue weighted by Gasteiger charge is -2.37. The fourth-order valence-corrected chi connectivity index (χ4v) is 1.90. The molecule has 1 aliphatic heterocycles. The molecule has 1 saturated heterocycles. The minimum absolute atomic E-state index is 0.0535. The Labute approximate surface area is 80.5 Å². The predicted molar refractivity (Wildman–Crippen MR) is 52.5 cm³/mol. The highest BCUT2D eigenvalue weighted by Crippen LogP contribution is 2.23. The third-order valence-corrected chi connectivity index (χ3v) is 2.94. The molecule has 13 heavy (non-hydrogen) atoms. The summed E-state index contributed by atoms with van der Waals surface area (Å²) < 4.78 is 0. The number of rotatable bonds is 1. The van der Waals surface area contributed by atoms with Crippen LogP contribution in [-0.4, -0.2) is 31.1 Å². The summed E-state index contributed by atoms with van der Waals surface area (Å²) in [6, 6.07) is -0.0535. The van der Waals surface area contributed by atoms with E-state index in [4.69, 9.17) is 0 Å². The van der Waals surface area contributed by atoms with Crippen LogP contribution < -0.4 is 5.11 Å². The summed E-state index contributed by atoms with van der Waals surface area (Å²) >= 11 is 0. The Kier molecular flexibility index (Phi) is 3.58. The molecule has 1 rings (SSSR count). The van der Waals surface area contributed by atoms with E-state index in [1.165, 1.54) is 0 Å². The van der Waals surface area contributed by atoms with Gasteiger partial charge < -0.3 is 10.0 Å². The third-order valence-electron chi connectivity index (χ3n) is 2.94.